The molecule has 0 N–H and O–H groups in total. The summed E-state index contributed by atoms with van der Waals surface area (Å²) >= 11 is 3.47. The second-order valence-corrected chi connectivity index (χ2v) is 5.85. The fourth-order valence-electron chi connectivity index (χ4n) is 2.55. The van der Waals surface area contributed by atoms with Gasteiger partial charge in [0.2, 0.25) is 0 Å². The maximum atomic E-state index is 11.4. The first-order chi connectivity index (χ1) is 9.62. The van der Waals surface area contributed by atoms with Gasteiger partial charge in [-0.15, -0.1) is 0 Å². The zero-order valence-electron chi connectivity index (χ0n) is 11.3. The van der Waals surface area contributed by atoms with Crippen LogP contribution < -0.4 is 4.74 Å². The van der Waals surface area contributed by atoms with Gasteiger partial charge in [-0.25, -0.2) is 0 Å². The number of carbonyl (C=O) groups excluding carboxylic acids is 1. The van der Waals surface area contributed by atoms with E-state index >= 15 is 0 Å². The molecule has 0 unspecified atom stereocenters. The Kier molecular flexibility index (Phi) is 3.41. The van der Waals surface area contributed by atoms with Gasteiger partial charge >= 0.3 is 5.97 Å². The standard InChI is InChI=1S/C14H15BrN2O3/c1-19-13-6-12-9(5-11(13)15)7-17(16-12)10-3-8(4-10)14(18)20-2/h5-8,10H,3-4H2,1-2H3. The van der Waals surface area contributed by atoms with Crippen LogP contribution in [0.1, 0.15) is 18.9 Å². The van der Waals surface area contributed by atoms with Crippen LogP contribution in [0.5, 0.6) is 5.75 Å². The highest BCUT2D eigenvalue weighted by Crippen LogP contribution is 2.39. The number of methoxy groups -OCH3 is 2. The minimum absolute atomic E-state index is 0.0126. The number of hydrogen-bond donors (Lipinski definition) is 0. The van der Waals surface area contributed by atoms with Crippen molar-refractivity contribution < 1.29 is 14.3 Å². The van der Waals surface area contributed by atoms with Gasteiger partial charge in [-0.3, -0.25) is 9.48 Å². The van der Waals surface area contributed by atoms with Crippen molar-refractivity contribution in [1.29, 1.82) is 0 Å². The molecule has 1 fully saturated rings. The largest absolute Gasteiger partial charge is 0.495 e. The second-order valence-electron chi connectivity index (χ2n) is 5.00. The fraction of sp³-hybridized carbons (Fsp3) is 0.429. The van der Waals surface area contributed by atoms with E-state index in [4.69, 9.17) is 9.47 Å². The fourth-order valence-corrected chi connectivity index (χ4v) is 3.07. The molecular weight excluding hydrogens is 324 g/mol. The highest BCUT2D eigenvalue weighted by atomic mass is 79.9. The number of esters is 1. The number of aromatic nitrogens is 2. The van der Waals surface area contributed by atoms with Crippen molar-refractivity contribution in [1.82, 2.24) is 9.78 Å². The van der Waals surface area contributed by atoms with E-state index < -0.39 is 0 Å². The molecule has 1 heterocycles. The van der Waals surface area contributed by atoms with Crippen LogP contribution in [-0.2, 0) is 9.53 Å². The lowest BCUT2D eigenvalue weighted by atomic mass is 9.80. The highest BCUT2D eigenvalue weighted by molar-refractivity contribution is 9.10. The summed E-state index contributed by atoms with van der Waals surface area (Å²) < 4.78 is 12.9. The van der Waals surface area contributed by atoms with Gasteiger partial charge in [0.1, 0.15) is 5.75 Å². The molecule has 0 aliphatic heterocycles. The van der Waals surface area contributed by atoms with Crippen molar-refractivity contribution in [3.8, 4) is 5.75 Å². The zero-order chi connectivity index (χ0) is 14.3. The molecule has 1 aliphatic rings. The Balaban J connectivity index is 1.82. The predicted octanol–water partition coefficient (Wildman–Crippen LogP) is 2.93. The first kappa shape index (κ1) is 13.4. The molecule has 0 spiro atoms. The number of ether oxygens (including phenoxy) is 2. The molecule has 1 aromatic heterocycles. The van der Waals surface area contributed by atoms with Crippen LogP contribution in [0.2, 0.25) is 0 Å². The average molecular weight is 339 g/mol. The number of rotatable bonds is 3. The third-order valence-corrected chi connectivity index (χ3v) is 4.44. The van der Waals surface area contributed by atoms with Crippen molar-refractivity contribution in [3.63, 3.8) is 0 Å². The molecule has 0 radical (unpaired) electrons. The summed E-state index contributed by atoms with van der Waals surface area (Å²) in [5.41, 5.74) is 0.895. The molecule has 5 nitrogen and oxygen atoms in total. The Hall–Kier alpha value is -1.56. The minimum Gasteiger partial charge on any atom is -0.495 e. The van der Waals surface area contributed by atoms with Gasteiger partial charge in [0.15, 0.2) is 0 Å². The van der Waals surface area contributed by atoms with Crippen LogP contribution in [-0.4, -0.2) is 30.0 Å². The summed E-state index contributed by atoms with van der Waals surface area (Å²) in [6, 6.07) is 4.18. The van der Waals surface area contributed by atoms with E-state index in [1.165, 1.54) is 7.11 Å². The SMILES string of the molecule is COC(=O)C1CC(n2cc3cc(Br)c(OC)cc3n2)C1. The van der Waals surface area contributed by atoms with Gasteiger partial charge in [-0.2, -0.15) is 5.10 Å². The smallest absolute Gasteiger partial charge is 0.308 e. The summed E-state index contributed by atoms with van der Waals surface area (Å²) in [6.45, 7) is 0. The topological polar surface area (TPSA) is 53.4 Å². The van der Waals surface area contributed by atoms with E-state index in [0.29, 0.717) is 0 Å². The molecule has 1 aromatic carbocycles. The number of nitrogens with zero attached hydrogens (tertiary/aromatic N) is 2. The minimum atomic E-state index is -0.123. The van der Waals surface area contributed by atoms with Crippen LogP contribution in [0.4, 0.5) is 0 Å². The molecule has 1 saturated carbocycles. The molecule has 20 heavy (non-hydrogen) atoms. The predicted molar refractivity (Wildman–Crippen MR) is 77.8 cm³/mol. The van der Waals surface area contributed by atoms with Gasteiger partial charge in [-0.05, 0) is 34.8 Å². The molecule has 3 rings (SSSR count). The molecule has 0 atom stereocenters. The molecule has 1 aliphatic carbocycles. The van der Waals surface area contributed by atoms with Crippen LogP contribution >= 0.6 is 15.9 Å². The quantitative estimate of drug-likeness (QED) is 0.807. The molecule has 0 amide bonds. The number of fused-ring (bicyclic) bond motifs is 1. The van der Waals surface area contributed by atoms with Crippen LogP contribution in [0.3, 0.4) is 0 Å². The van der Waals surface area contributed by atoms with E-state index in [0.717, 1.165) is 34.0 Å². The average Bonchev–Trinajstić information content (AvgIpc) is 2.77. The molecule has 0 saturated heterocycles. The third-order valence-electron chi connectivity index (χ3n) is 3.82. The summed E-state index contributed by atoms with van der Waals surface area (Å²) in [5.74, 6) is 0.657. The lowest BCUT2D eigenvalue weighted by Crippen LogP contribution is -2.33. The van der Waals surface area contributed by atoms with Crippen LogP contribution in [0.15, 0.2) is 22.8 Å². The van der Waals surface area contributed by atoms with E-state index in [9.17, 15) is 4.79 Å². The lowest BCUT2D eigenvalue weighted by molar-refractivity contribution is -0.149. The molecule has 106 valence electrons. The Morgan fingerprint density at radius 1 is 1.40 bits per heavy atom. The molecule has 2 aromatic rings. The van der Waals surface area contributed by atoms with E-state index in [-0.39, 0.29) is 17.9 Å². The Labute approximate surface area is 125 Å². The summed E-state index contributed by atoms with van der Waals surface area (Å²) in [6.07, 6.45) is 3.59. The lowest BCUT2D eigenvalue weighted by Gasteiger charge is -2.33. The van der Waals surface area contributed by atoms with Crippen molar-refractivity contribution in [2.45, 2.75) is 18.9 Å². The Bertz CT molecular complexity index is 662. The van der Waals surface area contributed by atoms with Crippen LogP contribution in [0, 0.1) is 5.92 Å². The van der Waals surface area contributed by atoms with Crippen molar-refractivity contribution in [2.75, 3.05) is 14.2 Å². The van der Waals surface area contributed by atoms with Gasteiger partial charge < -0.3 is 9.47 Å². The van der Waals surface area contributed by atoms with Gasteiger partial charge in [0.25, 0.3) is 0 Å². The zero-order valence-corrected chi connectivity index (χ0v) is 12.9. The third kappa shape index (κ3) is 2.18. The molecular formula is C14H15BrN2O3. The first-order valence-corrected chi connectivity index (χ1v) is 7.22. The highest BCUT2D eigenvalue weighted by Gasteiger charge is 2.36. The van der Waals surface area contributed by atoms with Crippen molar-refractivity contribution >= 4 is 32.8 Å². The van der Waals surface area contributed by atoms with E-state index in [2.05, 4.69) is 21.0 Å². The van der Waals surface area contributed by atoms with Gasteiger partial charge in [-0.1, -0.05) is 0 Å². The normalized spacial score (nSPS) is 21.6. The Morgan fingerprint density at radius 3 is 2.80 bits per heavy atom. The first-order valence-electron chi connectivity index (χ1n) is 6.42. The van der Waals surface area contributed by atoms with Gasteiger partial charge in [0.05, 0.1) is 36.2 Å². The summed E-state index contributed by atoms with van der Waals surface area (Å²) in [5, 5.41) is 5.62. The molecule has 6 heteroatoms. The second kappa shape index (κ2) is 5.09. The van der Waals surface area contributed by atoms with Crippen LogP contribution in [0.25, 0.3) is 10.9 Å². The van der Waals surface area contributed by atoms with Crippen molar-refractivity contribution in [2.24, 2.45) is 5.92 Å². The number of halogens is 1. The maximum Gasteiger partial charge on any atom is 0.308 e. The van der Waals surface area contributed by atoms with Crippen molar-refractivity contribution in [3.05, 3.63) is 22.8 Å². The summed E-state index contributed by atoms with van der Waals surface area (Å²) in [4.78, 5) is 11.4. The number of hydrogen-bond acceptors (Lipinski definition) is 4. The summed E-state index contributed by atoms with van der Waals surface area (Å²) in [7, 11) is 3.07. The Morgan fingerprint density at radius 2 is 2.15 bits per heavy atom. The van der Waals surface area contributed by atoms with E-state index in [1.54, 1.807) is 7.11 Å². The van der Waals surface area contributed by atoms with Gasteiger partial charge in [0, 0.05) is 17.6 Å². The number of carbonyl (C=O) groups is 1. The number of benzene rings is 1. The maximum absolute atomic E-state index is 11.4. The monoisotopic (exact) mass is 338 g/mol. The van der Waals surface area contributed by atoms with E-state index in [1.807, 2.05) is 23.0 Å². The molecule has 0 bridgehead atoms.